The Bertz CT molecular complexity index is 986. The Morgan fingerprint density at radius 3 is 1.97 bits per heavy atom. The number of piperidine rings is 1. The normalized spacial score (nSPS) is 15.2. The molecule has 0 radical (unpaired) electrons. The van der Waals surface area contributed by atoms with Crippen molar-refractivity contribution in [2.75, 3.05) is 26.7 Å². The molecule has 1 fully saturated rings. The fraction of sp³-hybridized carbons (Fsp3) is 0.367. The number of unbranched alkanes of at least 4 members (excludes halogenated alkanes) is 1. The molecule has 3 aromatic rings. The molecule has 4 heteroatoms. The maximum Gasteiger partial charge on any atom is 0.162 e. The number of carbonyl (C=O) groups is 1. The van der Waals surface area contributed by atoms with Crippen molar-refractivity contribution in [1.29, 1.82) is 0 Å². The smallest absolute Gasteiger partial charge is 0.162 e. The summed E-state index contributed by atoms with van der Waals surface area (Å²) in [7, 11) is 1.63. The third-order valence-electron chi connectivity index (χ3n) is 7.15. The van der Waals surface area contributed by atoms with Gasteiger partial charge < -0.3 is 14.7 Å². The van der Waals surface area contributed by atoms with E-state index in [-0.39, 0.29) is 11.7 Å². The van der Waals surface area contributed by atoms with E-state index < -0.39 is 5.60 Å². The van der Waals surface area contributed by atoms with Gasteiger partial charge in [-0.2, -0.15) is 0 Å². The zero-order chi connectivity index (χ0) is 23.8. The molecule has 0 bridgehead atoms. The number of Topliss-reactive ketones (excluding diaryl/α,β-unsaturated/α-hetero) is 1. The van der Waals surface area contributed by atoms with Gasteiger partial charge in [0, 0.05) is 12.0 Å². The highest BCUT2D eigenvalue weighted by Crippen LogP contribution is 2.41. The second-order valence-electron chi connectivity index (χ2n) is 9.22. The lowest BCUT2D eigenvalue weighted by atomic mass is 9.72. The first-order chi connectivity index (χ1) is 16.6. The summed E-state index contributed by atoms with van der Waals surface area (Å²) in [5, 5.41) is 12.0. The number of hydrogen-bond acceptors (Lipinski definition) is 4. The number of aliphatic hydroxyl groups is 1. The Labute approximate surface area is 203 Å². The van der Waals surface area contributed by atoms with Crippen LogP contribution in [0.15, 0.2) is 84.9 Å². The van der Waals surface area contributed by atoms with Crippen molar-refractivity contribution in [2.45, 2.75) is 37.7 Å². The van der Waals surface area contributed by atoms with Crippen molar-refractivity contribution in [3.63, 3.8) is 0 Å². The molecule has 1 N–H and O–H groups in total. The van der Waals surface area contributed by atoms with Crippen LogP contribution in [0.2, 0.25) is 0 Å². The number of ketones is 1. The Morgan fingerprint density at radius 1 is 0.882 bits per heavy atom. The van der Waals surface area contributed by atoms with Crippen molar-refractivity contribution in [2.24, 2.45) is 5.92 Å². The summed E-state index contributed by atoms with van der Waals surface area (Å²) in [5.74, 6) is 1.13. The molecule has 1 heterocycles. The standard InChI is InChI=1S/C30H35NO3/c1-34-28-17-15-24(16-18-28)29(32)14-8-9-21-31-22-19-27(20-23-31)30(33,25-10-4-2-5-11-25)26-12-6-3-7-13-26/h2-7,10-13,15-18,27,33H,8-9,14,19-23H2,1H3. The second kappa shape index (κ2) is 11.5. The van der Waals surface area contributed by atoms with Crippen LogP contribution in [0.5, 0.6) is 5.75 Å². The van der Waals surface area contributed by atoms with E-state index in [0.29, 0.717) is 6.42 Å². The van der Waals surface area contributed by atoms with Gasteiger partial charge in [0.15, 0.2) is 5.78 Å². The molecule has 0 atom stereocenters. The maximum atomic E-state index is 12.4. The quantitative estimate of drug-likeness (QED) is 0.314. The molecule has 1 saturated heterocycles. The van der Waals surface area contributed by atoms with Gasteiger partial charge in [-0.3, -0.25) is 4.79 Å². The molecule has 1 aliphatic rings. The lowest BCUT2D eigenvalue weighted by molar-refractivity contribution is -0.0143. The van der Waals surface area contributed by atoms with Crippen LogP contribution in [0.25, 0.3) is 0 Å². The molecule has 0 unspecified atom stereocenters. The third-order valence-corrected chi connectivity index (χ3v) is 7.15. The minimum absolute atomic E-state index is 0.171. The van der Waals surface area contributed by atoms with Crippen LogP contribution in [0.4, 0.5) is 0 Å². The summed E-state index contributed by atoms with van der Waals surface area (Å²) in [6.07, 6.45) is 4.37. The number of nitrogens with zero attached hydrogens (tertiary/aromatic N) is 1. The van der Waals surface area contributed by atoms with E-state index in [1.807, 2.05) is 84.9 Å². The van der Waals surface area contributed by atoms with Crippen molar-refractivity contribution in [1.82, 2.24) is 4.90 Å². The number of methoxy groups -OCH3 is 1. The Balaban J connectivity index is 1.28. The minimum atomic E-state index is -0.973. The van der Waals surface area contributed by atoms with Crippen LogP contribution < -0.4 is 4.74 Å². The summed E-state index contributed by atoms with van der Waals surface area (Å²) in [6, 6.07) is 27.5. The van der Waals surface area contributed by atoms with Gasteiger partial charge >= 0.3 is 0 Å². The van der Waals surface area contributed by atoms with E-state index in [1.165, 1.54) is 0 Å². The van der Waals surface area contributed by atoms with Crippen LogP contribution >= 0.6 is 0 Å². The number of rotatable bonds is 10. The van der Waals surface area contributed by atoms with E-state index in [9.17, 15) is 9.90 Å². The third kappa shape index (κ3) is 5.57. The van der Waals surface area contributed by atoms with E-state index in [0.717, 1.165) is 67.8 Å². The SMILES string of the molecule is COc1ccc(C(=O)CCCCN2CCC(C(O)(c3ccccc3)c3ccccc3)CC2)cc1. The number of likely N-dealkylation sites (tertiary alicyclic amines) is 1. The first kappa shape index (κ1) is 24.2. The van der Waals surface area contributed by atoms with Gasteiger partial charge in [-0.05, 0) is 86.6 Å². The van der Waals surface area contributed by atoms with Gasteiger partial charge in [-0.15, -0.1) is 0 Å². The summed E-state index contributed by atoms with van der Waals surface area (Å²) >= 11 is 0. The first-order valence-corrected chi connectivity index (χ1v) is 12.3. The molecule has 0 spiro atoms. The highest BCUT2D eigenvalue weighted by molar-refractivity contribution is 5.96. The molecule has 0 aliphatic carbocycles. The molecule has 4 nitrogen and oxygen atoms in total. The molecular formula is C30H35NO3. The summed E-state index contributed by atoms with van der Waals surface area (Å²) < 4.78 is 5.16. The van der Waals surface area contributed by atoms with Crippen LogP contribution in [0.1, 0.15) is 53.6 Å². The van der Waals surface area contributed by atoms with Gasteiger partial charge in [0.2, 0.25) is 0 Å². The van der Waals surface area contributed by atoms with Gasteiger partial charge in [0.25, 0.3) is 0 Å². The van der Waals surface area contributed by atoms with E-state index in [4.69, 9.17) is 4.74 Å². The van der Waals surface area contributed by atoms with E-state index in [2.05, 4.69) is 4.90 Å². The Morgan fingerprint density at radius 2 is 1.44 bits per heavy atom. The van der Waals surface area contributed by atoms with Gasteiger partial charge in [0.05, 0.1) is 7.11 Å². The molecule has 4 rings (SSSR count). The Hall–Kier alpha value is -2.95. The number of hydrogen-bond donors (Lipinski definition) is 1. The van der Waals surface area contributed by atoms with Crippen molar-refractivity contribution >= 4 is 5.78 Å². The molecule has 0 saturated carbocycles. The molecule has 1 aliphatic heterocycles. The molecule has 0 aromatic heterocycles. The molecule has 34 heavy (non-hydrogen) atoms. The van der Waals surface area contributed by atoms with Crippen LogP contribution in [-0.4, -0.2) is 42.5 Å². The highest BCUT2D eigenvalue weighted by Gasteiger charge is 2.41. The number of benzene rings is 3. The minimum Gasteiger partial charge on any atom is -0.497 e. The van der Waals surface area contributed by atoms with Crippen molar-refractivity contribution in [3.8, 4) is 5.75 Å². The maximum absolute atomic E-state index is 12.4. The number of carbonyl (C=O) groups excluding carboxylic acids is 1. The largest absolute Gasteiger partial charge is 0.497 e. The summed E-state index contributed by atoms with van der Waals surface area (Å²) in [5.41, 5.74) is 1.72. The monoisotopic (exact) mass is 457 g/mol. The average molecular weight is 458 g/mol. The summed E-state index contributed by atoms with van der Waals surface area (Å²) in [6.45, 7) is 2.94. The second-order valence-corrected chi connectivity index (χ2v) is 9.22. The molecule has 0 amide bonds. The summed E-state index contributed by atoms with van der Waals surface area (Å²) in [4.78, 5) is 14.9. The van der Waals surface area contributed by atoms with Crippen LogP contribution in [-0.2, 0) is 5.60 Å². The Kier molecular flexibility index (Phi) is 8.15. The van der Waals surface area contributed by atoms with E-state index in [1.54, 1.807) is 7.11 Å². The molecule has 178 valence electrons. The zero-order valence-electron chi connectivity index (χ0n) is 20.0. The highest BCUT2D eigenvalue weighted by atomic mass is 16.5. The van der Waals surface area contributed by atoms with Gasteiger partial charge in [-0.1, -0.05) is 60.7 Å². The van der Waals surface area contributed by atoms with Crippen LogP contribution in [0.3, 0.4) is 0 Å². The van der Waals surface area contributed by atoms with Gasteiger partial charge in [0.1, 0.15) is 11.4 Å². The predicted octanol–water partition coefficient (Wildman–Crippen LogP) is 5.70. The first-order valence-electron chi connectivity index (χ1n) is 12.3. The zero-order valence-corrected chi connectivity index (χ0v) is 20.0. The lowest BCUT2D eigenvalue weighted by Crippen LogP contribution is -2.44. The van der Waals surface area contributed by atoms with Crippen molar-refractivity contribution < 1.29 is 14.6 Å². The fourth-order valence-corrected chi connectivity index (χ4v) is 5.14. The predicted molar refractivity (Wildman–Crippen MR) is 136 cm³/mol. The molecule has 3 aromatic carbocycles. The molecular weight excluding hydrogens is 422 g/mol. The van der Waals surface area contributed by atoms with Gasteiger partial charge in [-0.25, -0.2) is 0 Å². The average Bonchev–Trinajstić information content (AvgIpc) is 2.92. The fourth-order valence-electron chi connectivity index (χ4n) is 5.14. The lowest BCUT2D eigenvalue weighted by Gasteiger charge is -2.42. The topological polar surface area (TPSA) is 49.8 Å². The van der Waals surface area contributed by atoms with E-state index >= 15 is 0 Å². The van der Waals surface area contributed by atoms with Crippen molar-refractivity contribution in [3.05, 3.63) is 102 Å². The van der Waals surface area contributed by atoms with Crippen LogP contribution in [0, 0.1) is 5.92 Å². The number of ether oxygens (including phenoxy) is 1.